The summed E-state index contributed by atoms with van der Waals surface area (Å²) in [4.78, 5) is 34.2. The molecule has 6 heterocycles. The highest BCUT2D eigenvalue weighted by Gasteiger charge is 2.61. The lowest BCUT2D eigenvalue weighted by Gasteiger charge is -2.46. The number of pyridine rings is 1. The average Bonchev–Trinajstić information content (AvgIpc) is 3.64. The molecule has 3 saturated heterocycles. The number of tetrazole rings is 1. The van der Waals surface area contributed by atoms with Gasteiger partial charge in [-0.15, -0.1) is 5.10 Å². The predicted molar refractivity (Wildman–Crippen MR) is 123 cm³/mol. The Kier molecular flexibility index (Phi) is 5.61. The van der Waals surface area contributed by atoms with Crippen molar-refractivity contribution in [3.63, 3.8) is 0 Å². The first kappa shape index (κ1) is 23.2. The van der Waals surface area contributed by atoms with Gasteiger partial charge in [-0.1, -0.05) is 6.07 Å². The summed E-state index contributed by atoms with van der Waals surface area (Å²) in [6, 6.07) is 3.95. The number of cyclic esters (lactones) is 1. The Morgan fingerprint density at radius 3 is 2.61 bits per heavy atom. The zero-order valence-electron chi connectivity index (χ0n) is 20.3. The number of aliphatic hydroxyl groups excluding tert-OH is 1. The van der Waals surface area contributed by atoms with Crippen molar-refractivity contribution in [2.45, 2.75) is 56.9 Å². The van der Waals surface area contributed by atoms with Crippen LogP contribution < -0.4 is 0 Å². The fourth-order valence-corrected chi connectivity index (χ4v) is 6.53. The molecule has 3 fully saturated rings. The molecule has 4 atom stereocenters. The SMILES string of the molecule is COC1CN(C2=C(C)C(=O)OC2)C(=O)C12C[C@H]1CC[C@H](C2)N1C[C@H](O)c1ccc(-n2cnnn2)nc1. The maximum atomic E-state index is 13.8. The van der Waals surface area contributed by atoms with Crippen molar-refractivity contribution in [2.24, 2.45) is 5.41 Å². The van der Waals surface area contributed by atoms with Crippen molar-refractivity contribution >= 4 is 11.9 Å². The zero-order valence-corrected chi connectivity index (χ0v) is 20.3. The predicted octanol–water partition coefficient (Wildman–Crippen LogP) is 0.392. The zero-order chi connectivity index (χ0) is 25.0. The van der Waals surface area contributed by atoms with E-state index in [2.05, 4.69) is 25.4 Å². The molecule has 4 aliphatic heterocycles. The van der Waals surface area contributed by atoms with Crippen LogP contribution in [0.5, 0.6) is 0 Å². The van der Waals surface area contributed by atoms with Crippen LogP contribution in [0.1, 0.15) is 44.3 Å². The molecule has 0 saturated carbocycles. The van der Waals surface area contributed by atoms with E-state index in [0.717, 1.165) is 18.4 Å². The van der Waals surface area contributed by atoms with Crippen LogP contribution in [-0.2, 0) is 19.1 Å². The Bertz CT molecular complexity index is 1180. The fraction of sp³-hybridized carbons (Fsp3) is 0.583. The summed E-state index contributed by atoms with van der Waals surface area (Å²) in [5.74, 6) is 0.240. The van der Waals surface area contributed by atoms with Crippen LogP contribution >= 0.6 is 0 Å². The number of fused-ring (bicyclic) bond motifs is 2. The van der Waals surface area contributed by atoms with Crippen molar-refractivity contribution < 1.29 is 24.2 Å². The Hall–Kier alpha value is -3.22. The van der Waals surface area contributed by atoms with E-state index in [1.807, 2.05) is 6.07 Å². The molecule has 1 unspecified atom stereocenters. The minimum absolute atomic E-state index is 0.0292. The van der Waals surface area contributed by atoms with Gasteiger partial charge in [-0.05, 0) is 49.1 Å². The van der Waals surface area contributed by atoms with Crippen molar-refractivity contribution in [2.75, 3.05) is 26.8 Å². The largest absolute Gasteiger partial charge is 0.456 e. The number of aliphatic hydroxyl groups is 1. The summed E-state index contributed by atoms with van der Waals surface area (Å²) < 4.78 is 12.5. The van der Waals surface area contributed by atoms with E-state index in [-0.39, 0.29) is 36.7 Å². The molecule has 4 aliphatic rings. The van der Waals surface area contributed by atoms with Crippen LogP contribution in [-0.4, -0.2) is 97.0 Å². The molecule has 1 spiro atoms. The number of hydrogen-bond acceptors (Lipinski definition) is 10. The molecule has 12 heteroatoms. The molecule has 1 amide bonds. The lowest BCUT2D eigenvalue weighted by atomic mass is 9.71. The monoisotopic (exact) mass is 495 g/mol. The summed E-state index contributed by atoms with van der Waals surface area (Å²) in [5, 5.41) is 22.1. The highest BCUT2D eigenvalue weighted by atomic mass is 16.5. The van der Waals surface area contributed by atoms with Gasteiger partial charge in [0.25, 0.3) is 0 Å². The second-order valence-corrected chi connectivity index (χ2v) is 10.2. The Morgan fingerprint density at radius 2 is 2.03 bits per heavy atom. The van der Waals surface area contributed by atoms with Crippen molar-refractivity contribution in [3.05, 3.63) is 41.5 Å². The number of hydrogen-bond donors (Lipinski definition) is 1. The number of methoxy groups -OCH3 is 1. The Balaban J connectivity index is 1.18. The number of carbonyl (C=O) groups excluding carboxylic acids is 2. The molecule has 0 radical (unpaired) electrons. The smallest absolute Gasteiger partial charge is 0.336 e. The van der Waals surface area contributed by atoms with E-state index in [1.165, 1.54) is 11.0 Å². The van der Waals surface area contributed by atoms with Gasteiger partial charge >= 0.3 is 5.97 Å². The maximum absolute atomic E-state index is 13.8. The van der Waals surface area contributed by atoms with Gasteiger partial charge in [0.1, 0.15) is 12.9 Å². The normalized spacial score (nSPS) is 31.1. The van der Waals surface area contributed by atoms with Crippen LogP contribution in [0.15, 0.2) is 35.9 Å². The summed E-state index contributed by atoms with van der Waals surface area (Å²) in [5.41, 5.74) is 1.25. The van der Waals surface area contributed by atoms with Crippen LogP contribution in [0, 0.1) is 5.41 Å². The lowest BCUT2D eigenvalue weighted by molar-refractivity contribution is -0.144. The van der Waals surface area contributed by atoms with E-state index in [0.29, 0.717) is 43.0 Å². The summed E-state index contributed by atoms with van der Waals surface area (Å²) in [7, 11) is 1.66. The van der Waals surface area contributed by atoms with Gasteiger partial charge in [0, 0.05) is 37.5 Å². The third kappa shape index (κ3) is 3.54. The molecule has 1 N–H and O–H groups in total. The third-order valence-electron chi connectivity index (χ3n) is 8.42. The minimum Gasteiger partial charge on any atom is -0.456 e. The fourth-order valence-electron chi connectivity index (χ4n) is 6.53. The number of esters is 1. The number of amides is 1. The molecule has 36 heavy (non-hydrogen) atoms. The van der Waals surface area contributed by atoms with E-state index >= 15 is 0 Å². The van der Waals surface area contributed by atoms with Gasteiger partial charge in [-0.2, -0.15) is 4.68 Å². The van der Waals surface area contributed by atoms with Crippen LogP contribution in [0.25, 0.3) is 5.82 Å². The quantitative estimate of drug-likeness (QED) is 0.561. The molecular weight excluding hydrogens is 466 g/mol. The first-order valence-electron chi connectivity index (χ1n) is 12.3. The van der Waals surface area contributed by atoms with Gasteiger partial charge in [-0.25, -0.2) is 9.78 Å². The molecule has 2 aromatic heterocycles. The van der Waals surface area contributed by atoms with E-state index < -0.39 is 11.5 Å². The maximum Gasteiger partial charge on any atom is 0.336 e. The Labute approximate surface area is 207 Å². The van der Waals surface area contributed by atoms with Crippen LogP contribution in [0.3, 0.4) is 0 Å². The number of piperidine rings is 1. The van der Waals surface area contributed by atoms with E-state index in [9.17, 15) is 14.7 Å². The second-order valence-electron chi connectivity index (χ2n) is 10.2. The Morgan fingerprint density at radius 1 is 1.25 bits per heavy atom. The van der Waals surface area contributed by atoms with Gasteiger partial charge in [-0.3, -0.25) is 9.69 Å². The molecule has 6 rings (SSSR count). The molecule has 0 aromatic carbocycles. The summed E-state index contributed by atoms with van der Waals surface area (Å²) >= 11 is 0. The van der Waals surface area contributed by atoms with Crippen molar-refractivity contribution in [1.82, 2.24) is 35.0 Å². The highest BCUT2D eigenvalue weighted by molar-refractivity contribution is 5.94. The van der Waals surface area contributed by atoms with Crippen LogP contribution in [0.4, 0.5) is 0 Å². The average molecular weight is 496 g/mol. The first-order chi connectivity index (χ1) is 17.4. The minimum atomic E-state index is -0.707. The summed E-state index contributed by atoms with van der Waals surface area (Å²) in [6.45, 7) is 2.75. The van der Waals surface area contributed by atoms with Gasteiger partial charge < -0.3 is 19.5 Å². The summed E-state index contributed by atoms with van der Waals surface area (Å²) in [6.07, 6.45) is 5.44. The number of rotatable bonds is 6. The molecular formula is C24H29N7O5. The van der Waals surface area contributed by atoms with Crippen LogP contribution in [0.2, 0.25) is 0 Å². The number of carbonyl (C=O) groups is 2. The van der Waals surface area contributed by atoms with Crippen molar-refractivity contribution in [1.29, 1.82) is 0 Å². The second kappa shape index (κ2) is 8.71. The molecule has 12 nitrogen and oxygen atoms in total. The van der Waals surface area contributed by atoms with Crippen molar-refractivity contribution in [3.8, 4) is 5.82 Å². The molecule has 2 aromatic rings. The number of aromatic nitrogens is 5. The third-order valence-corrected chi connectivity index (χ3v) is 8.42. The van der Waals surface area contributed by atoms with E-state index in [1.54, 1.807) is 31.2 Å². The number of likely N-dealkylation sites (tertiary alicyclic amines) is 1. The number of nitrogens with zero attached hydrogens (tertiary/aromatic N) is 7. The van der Waals surface area contributed by atoms with E-state index in [4.69, 9.17) is 9.47 Å². The van der Waals surface area contributed by atoms with Gasteiger partial charge in [0.2, 0.25) is 5.91 Å². The van der Waals surface area contributed by atoms with Gasteiger partial charge in [0.15, 0.2) is 5.82 Å². The first-order valence-corrected chi connectivity index (χ1v) is 12.3. The molecule has 0 aliphatic carbocycles. The highest BCUT2D eigenvalue weighted by Crippen LogP contribution is 2.53. The lowest BCUT2D eigenvalue weighted by Crippen LogP contribution is -2.54. The van der Waals surface area contributed by atoms with Gasteiger partial charge in [0.05, 0.1) is 35.4 Å². The standard InChI is InChI=1S/C24H29N7O5/c1-14-18(12-36-22(14)33)30-11-20(35-2)24(23(30)34)7-16-4-5-17(8-24)29(16)10-19(32)15-3-6-21(25-9-15)31-13-26-27-28-31/h3,6,9,13,16-17,19-20,32H,4-5,7-8,10-12H2,1-2H3/t16-,17-,19+,20?/m1/s1. The molecule has 190 valence electrons. The number of ether oxygens (including phenoxy) is 2. The topological polar surface area (TPSA) is 136 Å². The molecule has 2 bridgehead atoms.